The van der Waals surface area contributed by atoms with Crippen molar-refractivity contribution in [3.05, 3.63) is 36.2 Å². The lowest BCUT2D eigenvalue weighted by Crippen LogP contribution is -2.23. The predicted molar refractivity (Wildman–Crippen MR) is 76.1 cm³/mol. The number of cyclic esters (lactones) is 1. The van der Waals surface area contributed by atoms with Crippen LogP contribution in [0, 0.1) is 0 Å². The fourth-order valence-corrected chi connectivity index (χ4v) is 1.66. The number of nitrogens with two attached hydrogens (primary N) is 1. The van der Waals surface area contributed by atoms with Gasteiger partial charge < -0.3 is 15.2 Å². The second kappa shape index (κ2) is 7.72. The van der Waals surface area contributed by atoms with Crippen LogP contribution in [-0.4, -0.2) is 32.4 Å². The fourth-order valence-electron chi connectivity index (χ4n) is 1.66. The third-order valence-corrected chi connectivity index (χ3v) is 2.75. The summed E-state index contributed by atoms with van der Waals surface area (Å²) in [5.74, 6) is 0.587. The van der Waals surface area contributed by atoms with Crippen molar-refractivity contribution < 1.29 is 18.7 Å². The molecule has 1 aromatic rings. The Morgan fingerprint density at radius 1 is 1.45 bits per heavy atom. The summed E-state index contributed by atoms with van der Waals surface area (Å²) in [4.78, 5) is 12.9. The normalized spacial score (nSPS) is 14.8. The molecule has 0 bridgehead atoms. The Morgan fingerprint density at radius 3 is 2.65 bits per heavy atom. The zero-order chi connectivity index (χ0) is 13.7. The summed E-state index contributed by atoms with van der Waals surface area (Å²) in [7, 11) is 0. The molecule has 1 aliphatic rings. The molecule has 20 heavy (non-hydrogen) atoms. The van der Waals surface area contributed by atoms with Gasteiger partial charge in [-0.15, -0.1) is 12.4 Å². The van der Waals surface area contributed by atoms with Crippen LogP contribution >= 0.6 is 12.4 Å². The van der Waals surface area contributed by atoms with Gasteiger partial charge in [0.05, 0.1) is 12.9 Å². The highest BCUT2D eigenvalue weighted by Crippen LogP contribution is 2.22. The quantitative estimate of drug-likeness (QED) is 0.906. The molecule has 1 heterocycles. The summed E-state index contributed by atoms with van der Waals surface area (Å²) in [5, 5.41) is 0. The third-order valence-electron chi connectivity index (χ3n) is 2.75. The van der Waals surface area contributed by atoms with Crippen molar-refractivity contribution in [3.63, 3.8) is 0 Å². The van der Waals surface area contributed by atoms with E-state index in [-0.39, 0.29) is 31.7 Å². The molecule has 1 aromatic carbocycles. The molecule has 7 heteroatoms. The Bertz CT molecular complexity index is 479. The number of halogens is 2. The first-order valence-corrected chi connectivity index (χ1v) is 5.90. The summed E-state index contributed by atoms with van der Waals surface area (Å²) in [6.45, 7) is 1.17. The van der Waals surface area contributed by atoms with Crippen molar-refractivity contribution in [2.45, 2.75) is 0 Å². The maximum absolute atomic E-state index is 12.3. The van der Waals surface area contributed by atoms with Gasteiger partial charge in [-0.3, -0.25) is 4.90 Å². The molecule has 0 atom stereocenters. The standard InChI is InChI=1S/C13H15FN2O3.ClH/c14-7-10(8-15)9-19-12-3-1-11(2-4-12)16-5-6-18-13(16)17;/h1-4,7H,5-6,8-9,15H2;1H/b10-7+;. The van der Waals surface area contributed by atoms with Crippen LogP contribution in [0.25, 0.3) is 0 Å². The number of benzene rings is 1. The van der Waals surface area contributed by atoms with Crippen molar-refractivity contribution in [1.29, 1.82) is 0 Å². The van der Waals surface area contributed by atoms with Gasteiger partial charge in [0.15, 0.2) is 0 Å². The second-order valence-corrected chi connectivity index (χ2v) is 4.02. The summed E-state index contributed by atoms with van der Waals surface area (Å²) in [5.41, 5.74) is 6.45. The highest BCUT2D eigenvalue weighted by Gasteiger charge is 2.23. The first-order chi connectivity index (χ1) is 9.24. The van der Waals surface area contributed by atoms with Crippen LogP contribution in [0.15, 0.2) is 36.2 Å². The summed E-state index contributed by atoms with van der Waals surface area (Å²) in [6, 6.07) is 6.94. The van der Waals surface area contributed by atoms with Crippen molar-refractivity contribution >= 4 is 24.2 Å². The molecule has 1 fully saturated rings. The Labute approximate surface area is 122 Å². The molecule has 1 saturated heterocycles. The van der Waals surface area contributed by atoms with Crippen molar-refractivity contribution in [2.75, 3.05) is 31.2 Å². The smallest absolute Gasteiger partial charge is 0.414 e. The molecule has 0 aromatic heterocycles. The number of hydrogen-bond acceptors (Lipinski definition) is 4. The molecule has 0 unspecified atom stereocenters. The average Bonchev–Trinajstić information content (AvgIpc) is 2.87. The minimum atomic E-state index is -0.348. The molecule has 0 spiro atoms. The zero-order valence-corrected chi connectivity index (χ0v) is 11.6. The van der Waals surface area contributed by atoms with Crippen LogP contribution in [0.3, 0.4) is 0 Å². The molecule has 1 amide bonds. The Kier molecular flexibility index (Phi) is 6.27. The van der Waals surface area contributed by atoms with E-state index >= 15 is 0 Å². The van der Waals surface area contributed by atoms with Crippen molar-refractivity contribution in [2.24, 2.45) is 5.73 Å². The summed E-state index contributed by atoms with van der Waals surface area (Å²) in [6.07, 6.45) is 0.105. The van der Waals surface area contributed by atoms with Gasteiger partial charge in [-0.2, -0.15) is 0 Å². The zero-order valence-electron chi connectivity index (χ0n) is 10.8. The van der Waals surface area contributed by atoms with Gasteiger partial charge in [0.2, 0.25) is 0 Å². The number of nitrogens with zero attached hydrogens (tertiary/aromatic N) is 1. The number of anilines is 1. The van der Waals surface area contributed by atoms with E-state index in [1.807, 2.05) is 0 Å². The van der Waals surface area contributed by atoms with Gasteiger partial charge in [0.1, 0.15) is 19.0 Å². The first kappa shape index (κ1) is 16.3. The Hall–Kier alpha value is -1.79. The van der Waals surface area contributed by atoms with Crippen molar-refractivity contribution in [3.8, 4) is 5.75 Å². The van der Waals surface area contributed by atoms with E-state index in [9.17, 15) is 9.18 Å². The van der Waals surface area contributed by atoms with Crippen LogP contribution < -0.4 is 15.4 Å². The van der Waals surface area contributed by atoms with Gasteiger partial charge in [0, 0.05) is 17.8 Å². The SMILES string of the molecule is Cl.NC/C(=C\F)COc1ccc(N2CCOC2=O)cc1. The van der Waals surface area contributed by atoms with E-state index in [1.165, 1.54) is 4.90 Å². The molecule has 5 nitrogen and oxygen atoms in total. The van der Waals surface area contributed by atoms with E-state index in [1.54, 1.807) is 24.3 Å². The molecule has 1 aliphatic heterocycles. The van der Waals surface area contributed by atoms with Crippen LogP contribution in [0.5, 0.6) is 5.75 Å². The van der Waals surface area contributed by atoms with Gasteiger partial charge >= 0.3 is 6.09 Å². The highest BCUT2D eigenvalue weighted by atomic mass is 35.5. The van der Waals surface area contributed by atoms with Crippen molar-refractivity contribution in [1.82, 2.24) is 0 Å². The lowest BCUT2D eigenvalue weighted by Gasteiger charge is -2.13. The largest absolute Gasteiger partial charge is 0.489 e. The molecule has 110 valence electrons. The maximum atomic E-state index is 12.3. The summed E-state index contributed by atoms with van der Waals surface area (Å²) >= 11 is 0. The van der Waals surface area contributed by atoms with Crippen LogP contribution in [-0.2, 0) is 4.74 Å². The number of rotatable bonds is 5. The van der Waals surface area contributed by atoms with Gasteiger partial charge in [-0.25, -0.2) is 9.18 Å². The van der Waals surface area contributed by atoms with Gasteiger partial charge in [0.25, 0.3) is 0 Å². The molecule has 0 radical (unpaired) electrons. The predicted octanol–water partition coefficient (Wildman–Crippen LogP) is 2.26. The van der Waals surface area contributed by atoms with E-state index in [4.69, 9.17) is 15.2 Å². The third kappa shape index (κ3) is 3.85. The van der Waals surface area contributed by atoms with Crippen LogP contribution in [0.1, 0.15) is 0 Å². The summed E-state index contributed by atoms with van der Waals surface area (Å²) < 4.78 is 22.5. The van der Waals surface area contributed by atoms with E-state index in [0.717, 1.165) is 5.69 Å². The minimum Gasteiger partial charge on any atom is -0.489 e. The number of hydrogen-bond donors (Lipinski definition) is 1. The molecule has 2 rings (SSSR count). The van der Waals surface area contributed by atoms with Gasteiger partial charge in [-0.05, 0) is 24.3 Å². The van der Waals surface area contributed by atoms with E-state index < -0.39 is 0 Å². The molecule has 0 saturated carbocycles. The lowest BCUT2D eigenvalue weighted by atomic mass is 10.2. The number of carbonyl (C=O) groups excluding carboxylic acids is 1. The molecular weight excluding hydrogens is 287 g/mol. The lowest BCUT2D eigenvalue weighted by molar-refractivity contribution is 0.181. The number of carbonyl (C=O) groups is 1. The second-order valence-electron chi connectivity index (χ2n) is 4.02. The Balaban J connectivity index is 0.00000200. The van der Waals surface area contributed by atoms with Crippen LogP contribution in [0.4, 0.5) is 14.9 Å². The maximum Gasteiger partial charge on any atom is 0.414 e. The molecular formula is C13H16ClFN2O3. The minimum absolute atomic E-state index is 0. The van der Waals surface area contributed by atoms with Crippen LogP contribution in [0.2, 0.25) is 0 Å². The van der Waals surface area contributed by atoms with E-state index in [2.05, 4.69) is 0 Å². The average molecular weight is 303 g/mol. The Morgan fingerprint density at radius 2 is 2.15 bits per heavy atom. The highest BCUT2D eigenvalue weighted by molar-refractivity contribution is 5.89. The monoisotopic (exact) mass is 302 g/mol. The van der Waals surface area contributed by atoms with E-state index in [0.29, 0.717) is 30.8 Å². The fraction of sp³-hybridized carbons (Fsp3) is 0.308. The topological polar surface area (TPSA) is 64.8 Å². The number of ether oxygens (including phenoxy) is 2. The molecule has 2 N–H and O–H groups in total. The molecule has 0 aliphatic carbocycles. The number of amides is 1. The van der Waals surface area contributed by atoms with Gasteiger partial charge in [-0.1, -0.05) is 0 Å². The first-order valence-electron chi connectivity index (χ1n) is 5.90.